The number of amides is 2. The largest absolute Gasteiger partial charge is 0.393 e. The summed E-state index contributed by atoms with van der Waals surface area (Å²) in [7, 11) is 1.73. The topological polar surface area (TPSA) is 65.5 Å². The third-order valence-electron chi connectivity index (χ3n) is 3.37. The second-order valence-corrected chi connectivity index (χ2v) is 5.84. The fourth-order valence-electron chi connectivity index (χ4n) is 1.82. The highest BCUT2D eigenvalue weighted by Crippen LogP contribution is 2.21. The molecule has 2 amide bonds. The molecule has 0 radical (unpaired) electrons. The molecule has 5 heteroatoms. The number of pyridine rings is 1. The van der Waals surface area contributed by atoms with Gasteiger partial charge in [0.25, 0.3) is 0 Å². The second kappa shape index (κ2) is 7.24. The van der Waals surface area contributed by atoms with Crippen LogP contribution in [0, 0.1) is 0 Å². The molecule has 0 saturated heterocycles. The molecule has 1 aromatic heterocycles. The Balaban J connectivity index is 2.47. The van der Waals surface area contributed by atoms with Crippen LogP contribution in [-0.4, -0.2) is 47.3 Å². The van der Waals surface area contributed by atoms with Gasteiger partial charge in [-0.05, 0) is 31.0 Å². The van der Waals surface area contributed by atoms with Gasteiger partial charge in [-0.25, -0.2) is 4.79 Å². The molecule has 1 atom stereocenters. The van der Waals surface area contributed by atoms with Gasteiger partial charge < -0.3 is 15.3 Å². The molecule has 0 saturated carbocycles. The van der Waals surface area contributed by atoms with Crippen LogP contribution in [0.15, 0.2) is 24.5 Å². The van der Waals surface area contributed by atoms with Crippen molar-refractivity contribution in [3.63, 3.8) is 0 Å². The summed E-state index contributed by atoms with van der Waals surface area (Å²) in [5, 5.41) is 12.2. The van der Waals surface area contributed by atoms with Crippen molar-refractivity contribution in [1.82, 2.24) is 15.2 Å². The van der Waals surface area contributed by atoms with Crippen molar-refractivity contribution < 1.29 is 9.90 Å². The summed E-state index contributed by atoms with van der Waals surface area (Å²) < 4.78 is 0. The minimum Gasteiger partial charge on any atom is -0.393 e. The van der Waals surface area contributed by atoms with Crippen molar-refractivity contribution in [3.8, 4) is 0 Å². The number of urea groups is 1. The first-order valence-electron chi connectivity index (χ1n) is 6.90. The molecule has 0 aliphatic heterocycles. The van der Waals surface area contributed by atoms with E-state index in [1.54, 1.807) is 31.3 Å². The van der Waals surface area contributed by atoms with Crippen LogP contribution in [0.4, 0.5) is 4.79 Å². The Kier molecular flexibility index (Phi) is 5.95. The molecule has 2 N–H and O–H groups in total. The van der Waals surface area contributed by atoms with E-state index in [9.17, 15) is 9.90 Å². The zero-order valence-corrected chi connectivity index (χ0v) is 12.8. The quantitative estimate of drug-likeness (QED) is 0.834. The van der Waals surface area contributed by atoms with E-state index in [0.717, 1.165) is 5.56 Å². The van der Waals surface area contributed by atoms with Gasteiger partial charge in [0.05, 0.1) is 6.10 Å². The molecule has 5 nitrogen and oxygen atoms in total. The minimum absolute atomic E-state index is 0.118. The van der Waals surface area contributed by atoms with Crippen molar-refractivity contribution in [2.75, 3.05) is 20.1 Å². The maximum atomic E-state index is 12.0. The SMILES string of the molecule is CC(O)CCN(C)C(=O)NCC(C)(C)c1ccncc1. The molecule has 1 unspecified atom stereocenters. The van der Waals surface area contributed by atoms with Gasteiger partial charge in [0.15, 0.2) is 0 Å². The fraction of sp³-hybridized carbons (Fsp3) is 0.600. The number of nitrogens with zero attached hydrogens (tertiary/aromatic N) is 2. The number of aliphatic hydroxyl groups is 1. The summed E-state index contributed by atoms with van der Waals surface area (Å²) in [4.78, 5) is 17.6. The Morgan fingerprint density at radius 2 is 2.05 bits per heavy atom. The van der Waals surface area contributed by atoms with Gasteiger partial charge in [0, 0.05) is 37.9 Å². The summed E-state index contributed by atoms with van der Waals surface area (Å²) >= 11 is 0. The maximum Gasteiger partial charge on any atom is 0.317 e. The van der Waals surface area contributed by atoms with Gasteiger partial charge >= 0.3 is 6.03 Å². The third kappa shape index (κ3) is 5.17. The van der Waals surface area contributed by atoms with E-state index < -0.39 is 6.10 Å². The van der Waals surface area contributed by atoms with Crippen LogP contribution >= 0.6 is 0 Å². The number of hydrogen-bond acceptors (Lipinski definition) is 3. The lowest BCUT2D eigenvalue weighted by atomic mass is 9.85. The predicted octanol–water partition coefficient (Wildman–Crippen LogP) is 1.77. The van der Waals surface area contributed by atoms with E-state index in [1.807, 2.05) is 12.1 Å². The number of carbonyl (C=O) groups excluding carboxylic acids is 1. The monoisotopic (exact) mass is 279 g/mol. The molecule has 1 aromatic rings. The number of hydrogen-bond donors (Lipinski definition) is 2. The normalized spacial score (nSPS) is 12.8. The Labute approximate surface area is 121 Å². The summed E-state index contributed by atoms with van der Waals surface area (Å²) in [5.41, 5.74) is 0.989. The highest BCUT2D eigenvalue weighted by Gasteiger charge is 2.22. The average Bonchev–Trinajstić information content (AvgIpc) is 2.43. The zero-order chi connectivity index (χ0) is 15.2. The third-order valence-corrected chi connectivity index (χ3v) is 3.37. The first kappa shape index (κ1) is 16.4. The molecule has 1 heterocycles. The van der Waals surface area contributed by atoms with Gasteiger partial charge in [-0.3, -0.25) is 4.98 Å². The van der Waals surface area contributed by atoms with Crippen molar-refractivity contribution in [2.45, 2.75) is 38.7 Å². The Bertz CT molecular complexity index is 418. The smallest absolute Gasteiger partial charge is 0.317 e. The molecule has 0 spiro atoms. The van der Waals surface area contributed by atoms with E-state index in [1.165, 1.54) is 0 Å². The molecular formula is C15H25N3O2. The van der Waals surface area contributed by atoms with E-state index in [2.05, 4.69) is 24.1 Å². The Hall–Kier alpha value is -1.62. The first-order valence-corrected chi connectivity index (χ1v) is 6.90. The summed E-state index contributed by atoms with van der Waals surface area (Å²) in [6, 6.07) is 3.81. The van der Waals surface area contributed by atoms with Gasteiger partial charge in [0.2, 0.25) is 0 Å². The lowest BCUT2D eigenvalue weighted by molar-refractivity contribution is 0.163. The summed E-state index contributed by atoms with van der Waals surface area (Å²) in [5.74, 6) is 0. The predicted molar refractivity (Wildman–Crippen MR) is 79.6 cm³/mol. The van der Waals surface area contributed by atoms with Gasteiger partial charge in [-0.15, -0.1) is 0 Å². The molecule has 0 aliphatic rings. The highest BCUT2D eigenvalue weighted by molar-refractivity contribution is 5.73. The van der Waals surface area contributed by atoms with E-state index in [4.69, 9.17) is 0 Å². The van der Waals surface area contributed by atoms with E-state index >= 15 is 0 Å². The molecule has 0 bridgehead atoms. The lowest BCUT2D eigenvalue weighted by Crippen LogP contribution is -2.43. The fourth-order valence-corrected chi connectivity index (χ4v) is 1.82. The molecule has 20 heavy (non-hydrogen) atoms. The average molecular weight is 279 g/mol. The molecular weight excluding hydrogens is 254 g/mol. The maximum absolute atomic E-state index is 12.0. The van der Waals surface area contributed by atoms with Crippen LogP contribution in [0.2, 0.25) is 0 Å². The number of aromatic nitrogens is 1. The number of aliphatic hydroxyl groups excluding tert-OH is 1. The van der Waals surface area contributed by atoms with Crippen LogP contribution in [0.1, 0.15) is 32.8 Å². The van der Waals surface area contributed by atoms with Crippen molar-refractivity contribution in [1.29, 1.82) is 0 Å². The van der Waals surface area contributed by atoms with E-state index in [0.29, 0.717) is 19.5 Å². The van der Waals surface area contributed by atoms with Crippen LogP contribution in [-0.2, 0) is 5.41 Å². The zero-order valence-electron chi connectivity index (χ0n) is 12.8. The first-order chi connectivity index (χ1) is 9.33. The standard InChI is InChI=1S/C15H25N3O2/c1-12(19)7-10-18(4)14(20)17-11-15(2,3)13-5-8-16-9-6-13/h5-6,8-9,12,19H,7,10-11H2,1-4H3,(H,17,20). The van der Waals surface area contributed by atoms with Crippen LogP contribution in [0.3, 0.4) is 0 Å². The van der Waals surface area contributed by atoms with Gasteiger partial charge in [0.1, 0.15) is 0 Å². The van der Waals surface area contributed by atoms with Crippen molar-refractivity contribution >= 4 is 6.03 Å². The summed E-state index contributed by atoms with van der Waals surface area (Å²) in [6.07, 6.45) is 3.71. The minimum atomic E-state index is -0.390. The van der Waals surface area contributed by atoms with Crippen LogP contribution in [0.5, 0.6) is 0 Å². The Morgan fingerprint density at radius 1 is 1.45 bits per heavy atom. The lowest BCUT2D eigenvalue weighted by Gasteiger charge is -2.27. The molecule has 1 rings (SSSR count). The molecule has 0 aliphatic carbocycles. The number of nitrogens with one attached hydrogen (secondary N) is 1. The van der Waals surface area contributed by atoms with Gasteiger partial charge in [-0.1, -0.05) is 13.8 Å². The van der Waals surface area contributed by atoms with E-state index in [-0.39, 0.29) is 11.4 Å². The number of rotatable bonds is 6. The molecule has 0 fully saturated rings. The molecule has 112 valence electrons. The highest BCUT2D eigenvalue weighted by atomic mass is 16.3. The Morgan fingerprint density at radius 3 is 2.60 bits per heavy atom. The summed E-state index contributed by atoms with van der Waals surface area (Å²) in [6.45, 7) is 6.98. The van der Waals surface area contributed by atoms with Crippen LogP contribution in [0.25, 0.3) is 0 Å². The van der Waals surface area contributed by atoms with Crippen molar-refractivity contribution in [3.05, 3.63) is 30.1 Å². The number of carbonyl (C=O) groups is 1. The van der Waals surface area contributed by atoms with Crippen LogP contribution < -0.4 is 5.32 Å². The van der Waals surface area contributed by atoms with Crippen molar-refractivity contribution in [2.24, 2.45) is 0 Å². The second-order valence-electron chi connectivity index (χ2n) is 5.84. The van der Waals surface area contributed by atoms with Gasteiger partial charge in [-0.2, -0.15) is 0 Å². The molecule has 0 aromatic carbocycles.